The van der Waals surface area contributed by atoms with Crippen LogP contribution in [0.3, 0.4) is 0 Å². The van der Waals surface area contributed by atoms with Gasteiger partial charge in [0.15, 0.2) is 0 Å². The Balaban J connectivity index is 2.28. The fourth-order valence-electron chi connectivity index (χ4n) is 1.21. The van der Waals surface area contributed by atoms with Gasteiger partial charge in [0.25, 0.3) is 10.0 Å². The van der Waals surface area contributed by atoms with E-state index in [0.717, 1.165) is 6.20 Å². The summed E-state index contributed by atoms with van der Waals surface area (Å²) in [4.78, 5) is 3.62. The van der Waals surface area contributed by atoms with Crippen molar-refractivity contribution in [1.29, 1.82) is 5.26 Å². The molecule has 0 radical (unpaired) electrons. The summed E-state index contributed by atoms with van der Waals surface area (Å²) < 4.78 is 30.7. The molecule has 0 spiro atoms. The van der Waals surface area contributed by atoms with Crippen molar-refractivity contribution in [3.05, 3.63) is 35.8 Å². The molecule has 8 heteroatoms. The maximum atomic E-state index is 11.9. The Kier molecular flexibility index (Phi) is 2.99. The van der Waals surface area contributed by atoms with E-state index in [0.29, 0.717) is 5.69 Å². The van der Waals surface area contributed by atoms with Gasteiger partial charge < -0.3 is 4.52 Å². The lowest BCUT2D eigenvalue weighted by Crippen LogP contribution is -2.12. The molecule has 2 rings (SSSR count). The number of nitrogens with zero attached hydrogens (tertiary/aromatic N) is 3. The lowest BCUT2D eigenvalue weighted by Gasteiger charge is -2.03. The van der Waals surface area contributed by atoms with Gasteiger partial charge in [-0.3, -0.25) is 0 Å². The van der Waals surface area contributed by atoms with E-state index < -0.39 is 10.0 Å². The summed E-state index contributed by atoms with van der Waals surface area (Å²) in [6.07, 6.45) is 1.10. The third kappa shape index (κ3) is 2.46. The highest BCUT2D eigenvalue weighted by Gasteiger charge is 2.16. The first-order valence-electron chi connectivity index (χ1n) is 4.83. The SMILES string of the molecule is Cc1cc(NS(=O)(=O)c2ccc(C#N)nc2)on1. The van der Waals surface area contributed by atoms with Crippen LogP contribution < -0.4 is 4.72 Å². The summed E-state index contributed by atoms with van der Waals surface area (Å²) in [5, 5.41) is 12.1. The van der Waals surface area contributed by atoms with Crippen LogP contribution in [0.2, 0.25) is 0 Å². The first-order valence-corrected chi connectivity index (χ1v) is 6.32. The average molecular weight is 264 g/mol. The summed E-state index contributed by atoms with van der Waals surface area (Å²) in [7, 11) is -3.78. The van der Waals surface area contributed by atoms with Gasteiger partial charge >= 0.3 is 0 Å². The minimum absolute atomic E-state index is 0.0249. The van der Waals surface area contributed by atoms with Crippen LogP contribution in [0.25, 0.3) is 0 Å². The quantitative estimate of drug-likeness (QED) is 0.887. The van der Waals surface area contributed by atoms with Crippen molar-refractivity contribution >= 4 is 15.9 Å². The van der Waals surface area contributed by atoms with Crippen molar-refractivity contribution in [2.75, 3.05) is 4.72 Å². The number of nitrogens with one attached hydrogen (secondary N) is 1. The zero-order valence-electron chi connectivity index (χ0n) is 9.28. The van der Waals surface area contributed by atoms with Gasteiger partial charge in [0.1, 0.15) is 16.7 Å². The van der Waals surface area contributed by atoms with Crippen LogP contribution in [-0.4, -0.2) is 18.6 Å². The third-order valence-corrected chi connectivity index (χ3v) is 3.36. The van der Waals surface area contributed by atoms with Crippen molar-refractivity contribution in [3.63, 3.8) is 0 Å². The molecule has 2 heterocycles. The van der Waals surface area contributed by atoms with Gasteiger partial charge in [-0.15, -0.1) is 0 Å². The van der Waals surface area contributed by atoms with Crippen LogP contribution in [0.1, 0.15) is 11.4 Å². The number of rotatable bonds is 3. The molecule has 1 N–H and O–H groups in total. The predicted molar refractivity (Wildman–Crippen MR) is 61.0 cm³/mol. The lowest BCUT2D eigenvalue weighted by atomic mass is 10.4. The van der Waals surface area contributed by atoms with Crippen molar-refractivity contribution < 1.29 is 12.9 Å². The Hall–Kier alpha value is -2.40. The second-order valence-corrected chi connectivity index (χ2v) is 5.11. The highest BCUT2D eigenvalue weighted by Crippen LogP contribution is 2.15. The molecule has 0 aromatic carbocycles. The Morgan fingerprint density at radius 1 is 1.44 bits per heavy atom. The third-order valence-electron chi connectivity index (χ3n) is 2.02. The van der Waals surface area contributed by atoms with E-state index in [-0.39, 0.29) is 16.5 Å². The van der Waals surface area contributed by atoms with E-state index in [2.05, 4.69) is 14.9 Å². The fraction of sp³-hybridized carbons (Fsp3) is 0.100. The molecule has 0 fully saturated rings. The largest absolute Gasteiger partial charge is 0.338 e. The zero-order chi connectivity index (χ0) is 13.2. The molecular weight excluding hydrogens is 256 g/mol. The monoisotopic (exact) mass is 264 g/mol. The summed E-state index contributed by atoms with van der Waals surface area (Å²) in [6.45, 7) is 1.67. The zero-order valence-corrected chi connectivity index (χ0v) is 10.1. The van der Waals surface area contributed by atoms with Gasteiger partial charge in [0.05, 0.1) is 5.69 Å². The number of aryl methyl sites for hydroxylation is 1. The molecule has 0 aliphatic heterocycles. The Morgan fingerprint density at radius 3 is 2.72 bits per heavy atom. The molecule has 0 saturated carbocycles. The molecule has 0 atom stereocenters. The molecule has 0 saturated heterocycles. The molecule has 0 aliphatic rings. The first-order chi connectivity index (χ1) is 8.51. The summed E-state index contributed by atoms with van der Waals surface area (Å²) in [6, 6.07) is 5.87. The minimum Gasteiger partial charge on any atom is -0.338 e. The average Bonchev–Trinajstić information content (AvgIpc) is 2.74. The Morgan fingerprint density at radius 2 is 2.22 bits per heavy atom. The molecule has 0 bridgehead atoms. The summed E-state index contributed by atoms with van der Waals surface area (Å²) >= 11 is 0. The maximum absolute atomic E-state index is 11.9. The first kappa shape index (κ1) is 12.1. The topological polar surface area (TPSA) is 109 Å². The molecule has 92 valence electrons. The number of hydrogen-bond donors (Lipinski definition) is 1. The van der Waals surface area contributed by atoms with Crippen molar-refractivity contribution in [2.45, 2.75) is 11.8 Å². The van der Waals surface area contributed by atoms with Gasteiger partial charge in [-0.2, -0.15) is 5.26 Å². The second-order valence-electron chi connectivity index (χ2n) is 3.43. The minimum atomic E-state index is -3.78. The van der Waals surface area contributed by atoms with Crippen molar-refractivity contribution in [2.24, 2.45) is 0 Å². The normalized spacial score (nSPS) is 10.9. The number of aromatic nitrogens is 2. The number of sulfonamides is 1. The smallest absolute Gasteiger partial charge is 0.265 e. The van der Waals surface area contributed by atoms with E-state index in [4.69, 9.17) is 9.78 Å². The van der Waals surface area contributed by atoms with Gasteiger partial charge in [0.2, 0.25) is 5.88 Å². The van der Waals surface area contributed by atoms with Crippen LogP contribution in [0.15, 0.2) is 33.8 Å². The van der Waals surface area contributed by atoms with Gasteiger partial charge in [-0.1, -0.05) is 5.16 Å². The summed E-state index contributed by atoms with van der Waals surface area (Å²) in [5.74, 6) is 0.0249. The van der Waals surface area contributed by atoms with Crippen LogP contribution in [0.4, 0.5) is 5.88 Å². The van der Waals surface area contributed by atoms with Crippen LogP contribution >= 0.6 is 0 Å². The van der Waals surface area contributed by atoms with Crippen LogP contribution in [0.5, 0.6) is 0 Å². The van der Waals surface area contributed by atoms with Crippen LogP contribution in [0, 0.1) is 18.3 Å². The summed E-state index contributed by atoms with van der Waals surface area (Å²) in [5.41, 5.74) is 0.704. The van der Waals surface area contributed by atoms with Gasteiger partial charge in [0, 0.05) is 12.3 Å². The van der Waals surface area contributed by atoms with Crippen molar-refractivity contribution in [1.82, 2.24) is 10.1 Å². The van der Waals surface area contributed by atoms with E-state index in [9.17, 15) is 8.42 Å². The van der Waals surface area contributed by atoms with E-state index in [1.165, 1.54) is 18.2 Å². The highest BCUT2D eigenvalue weighted by atomic mass is 32.2. The standard InChI is InChI=1S/C10H8N4O3S/c1-7-4-10(17-13-7)14-18(15,16)9-3-2-8(5-11)12-6-9/h2-4,6,14H,1H3. The molecule has 18 heavy (non-hydrogen) atoms. The number of nitriles is 1. The fourth-order valence-corrected chi connectivity index (χ4v) is 2.13. The van der Waals surface area contributed by atoms with E-state index in [1.54, 1.807) is 13.0 Å². The molecule has 2 aromatic rings. The lowest BCUT2D eigenvalue weighted by molar-refractivity contribution is 0.430. The highest BCUT2D eigenvalue weighted by molar-refractivity contribution is 7.92. The van der Waals surface area contributed by atoms with Gasteiger partial charge in [-0.05, 0) is 19.1 Å². The number of hydrogen-bond acceptors (Lipinski definition) is 6. The van der Waals surface area contributed by atoms with E-state index >= 15 is 0 Å². The van der Waals surface area contributed by atoms with Crippen LogP contribution in [-0.2, 0) is 10.0 Å². The van der Waals surface area contributed by atoms with Crippen molar-refractivity contribution in [3.8, 4) is 6.07 Å². The molecule has 7 nitrogen and oxygen atoms in total. The molecule has 0 aliphatic carbocycles. The number of anilines is 1. The molecule has 0 amide bonds. The second kappa shape index (κ2) is 4.46. The number of pyridine rings is 1. The Labute approximate surface area is 103 Å². The predicted octanol–water partition coefficient (Wildman–Crippen LogP) is 1.05. The molecule has 2 aromatic heterocycles. The maximum Gasteiger partial charge on any atom is 0.265 e. The molecular formula is C10H8N4O3S. The Bertz CT molecular complexity index is 697. The van der Waals surface area contributed by atoms with E-state index in [1.807, 2.05) is 0 Å². The molecule has 0 unspecified atom stereocenters. The van der Waals surface area contributed by atoms with Gasteiger partial charge in [-0.25, -0.2) is 18.1 Å².